The highest BCUT2D eigenvalue weighted by atomic mass is 16.5. The molecule has 0 saturated heterocycles. The molecule has 6 nitrogen and oxygen atoms in total. The van der Waals surface area contributed by atoms with Gasteiger partial charge in [-0.1, -0.05) is 23.3 Å². The molecule has 0 radical (unpaired) electrons. The number of Topliss-reactive ketones (excluding diaryl/α,β-unsaturated/α-hetero) is 1. The van der Waals surface area contributed by atoms with Crippen LogP contribution in [0, 0.1) is 5.41 Å². The smallest absolute Gasteiger partial charge is 0.341 e. The molecule has 0 aliphatic heterocycles. The minimum atomic E-state index is -1.10. The Bertz CT molecular complexity index is 850. The zero-order chi connectivity index (χ0) is 24.9. The zero-order valence-electron chi connectivity index (χ0n) is 20.8. The van der Waals surface area contributed by atoms with Gasteiger partial charge in [-0.05, 0) is 86.1 Å². The van der Waals surface area contributed by atoms with E-state index in [1.54, 1.807) is 27.7 Å². The molecule has 1 aliphatic carbocycles. The molecule has 0 spiro atoms. The number of carbonyl (C=O) groups excluding carboxylic acids is 2. The van der Waals surface area contributed by atoms with Crippen LogP contribution in [0.25, 0.3) is 0 Å². The number of ketones is 1. The number of allylic oxidation sites excluding steroid dienone is 6. The van der Waals surface area contributed by atoms with Gasteiger partial charge in [0.15, 0.2) is 5.78 Å². The molecule has 1 rings (SSSR count). The Morgan fingerprint density at radius 1 is 1.16 bits per heavy atom. The Kier molecular flexibility index (Phi) is 9.66. The third-order valence-corrected chi connectivity index (χ3v) is 6.54. The van der Waals surface area contributed by atoms with E-state index >= 15 is 0 Å². The molecular formula is C26H40O6. The minimum Gasteiger partial charge on any atom is -0.507 e. The van der Waals surface area contributed by atoms with Gasteiger partial charge < -0.3 is 20.1 Å². The fourth-order valence-electron chi connectivity index (χ4n) is 3.78. The molecule has 0 aromatic carbocycles. The zero-order valence-corrected chi connectivity index (χ0v) is 20.8. The van der Waals surface area contributed by atoms with Crippen LogP contribution in [-0.2, 0) is 14.3 Å². The minimum absolute atomic E-state index is 0.0740. The van der Waals surface area contributed by atoms with E-state index in [4.69, 9.17) is 4.74 Å². The second-order valence-corrected chi connectivity index (χ2v) is 9.68. The number of hydrogen-bond acceptors (Lipinski definition) is 6. The summed E-state index contributed by atoms with van der Waals surface area (Å²) in [6.07, 6.45) is 6.70. The number of esters is 1. The summed E-state index contributed by atoms with van der Waals surface area (Å²) in [5.74, 6) is -1.13. The topological polar surface area (TPSA) is 104 Å². The van der Waals surface area contributed by atoms with Crippen molar-refractivity contribution in [3.8, 4) is 0 Å². The quantitative estimate of drug-likeness (QED) is 0.325. The van der Waals surface area contributed by atoms with Crippen LogP contribution in [0.15, 0.2) is 45.8 Å². The highest BCUT2D eigenvalue weighted by molar-refractivity contribution is 6.08. The summed E-state index contributed by atoms with van der Waals surface area (Å²) in [7, 11) is 1.25. The fourth-order valence-corrected chi connectivity index (χ4v) is 3.78. The van der Waals surface area contributed by atoms with Crippen LogP contribution in [0.3, 0.4) is 0 Å². The third kappa shape index (κ3) is 6.66. The van der Waals surface area contributed by atoms with Crippen molar-refractivity contribution in [1.82, 2.24) is 0 Å². The summed E-state index contributed by atoms with van der Waals surface area (Å²) in [6.45, 7) is 12.3. The van der Waals surface area contributed by atoms with Crippen LogP contribution in [0.4, 0.5) is 0 Å². The molecule has 0 aromatic rings. The molecule has 0 unspecified atom stereocenters. The lowest BCUT2D eigenvalue weighted by Gasteiger charge is -2.34. The molecule has 1 aliphatic rings. The molecule has 0 amide bonds. The van der Waals surface area contributed by atoms with Crippen molar-refractivity contribution in [1.29, 1.82) is 0 Å². The maximum absolute atomic E-state index is 13.0. The third-order valence-electron chi connectivity index (χ3n) is 6.54. The van der Waals surface area contributed by atoms with Crippen LogP contribution in [0.2, 0.25) is 0 Å². The van der Waals surface area contributed by atoms with Gasteiger partial charge in [0.2, 0.25) is 0 Å². The monoisotopic (exact) mass is 448 g/mol. The van der Waals surface area contributed by atoms with Crippen molar-refractivity contribution in [3.05, 3.63) is 45.8 Å². The number of rotatable bonds is 10. The first kappa shape index (κ1) is 27.9. The lowest BCUT2D eigenvalue weighted by molar-refractivity contribution is -0.136. The van der Waals surface area contributed by atoms with E-state index in [0.29, 0.717) is 18.4 Å². The number of aliphatic hydroxyl groups is 3. The Morgan fingerprint density at radius 3 is 2.25 bits per heavy atom. The molecule has 0 bridgehead atoms. The van der Waals surface area contributed by atoms with Crippen LogP contribution in [0.1, 0.15) is 80.6 Å². The summed E-state index contributed by atoms with van der Waals surface area (Å²) in [5.41, 5.74) is 1.04. The van der Waals surface area contributed by atoms with E-state index in [1.807, 2.05) is 19.9 Å². The van der Waals surface area contributed by atoms with Gasteiger partial charge in [0.25, 0.3) is 0 Å². The van der Waals surface area contributed by atoms with Crippen molar-refractivity contribution in [2.24, 2.45) is 5.41 Å². The molecule has 0 fully saturated rings. The van der Waals surface area contributed by atoms with Crippen LogP contribution < -0.4 is 0 Å². The molecular weight excluding hydrogens is 408 g/mol. The van der Waals surface area contributed by atoms with Crippen LogP contribution in [0.5, 0.6) is 0 Å². The van der Waals surface area contributed by atoms with Crippen molar-refractivity contribution in [2.75, 3.05) is 7.11 Å². The maximum atomic E-state index is 13.0. The van der Waals surface area contributed by atoms with Crippen molar-refractivity contribution in [3.63, 3.8) is 0 Å². The fraction of sp³-hybridized carbons (Fsp3) is 0.615. The van der Waals surface area contributed by atoms with E-state index in [-0.39, 0.29) is 22.7 Å². The van der Waals surface area contributed by atoms with Gasteiger partial charge in [-0.15, -0.1) is 0 Å². The summed E-state index contributed by atoms with van der Waals surface area (Å²) in [5, 5.41) is 30.1. The van der Waals surface area contributed by atoms with Gasteiger partial charge in [-0.3, -0.25) is 4.79 Å². The summed E-state index contributed by atoms with van der Waals surface area (Å²) >= 11 is 0. The lowest BCUT2D eigenvalue weighted by Crippen LogP contribution is -2.36. The lowest BCUT2D eigenvalue weighted by atomic mass is 9.68. The number of aliphatic hydroxyl groups excluding tert-OH is 2. The number of hydrogen-bond donors (Lipinski definition) is 3. The number of carbonyl (C=O) groups is 2. The Hall–Kier alpha value is -2.18. The van der Waals surface area contributed by atoms with E-state index in [9.17, 15) is 24.9 Å². The van der Waals surface area contributed by atoms with E-state index in [2.05, 4.69) is 6.08 Å². The summed E-state index contributed by atoms with van der Waals surface area (Å²) in [6, 6.07) is 0. The highest BCUT2D eigenvalue weighted by Gasteiger charge is 2.43. The molecule has 0 aromatic heterocycles. The van der Waals surface area contributed by atoms with E-state index < -0.39 is 23.1 Å². The van der Waals surface area contributed by atoms with Crippen molar-refractivity contribution < 1.29 is 29.6 Å². The summed E-state index contributed by atoms with van der Waals surface area (Å²) in [4.78, 5) is 25.1. The second kappa shape index (κ2) is 11.1. The normalized spacial score (nSPS) is 21.9. The number of ether oxygens (including phenoxy) is 1. The van der Waals surface area contributed by atoms with Gasteiger partial charge in [-0.2, -0.15) is 0 Å². The Morgan fingerprint density at radius 2 is 1.72 bits per heavy atom. The largest absolute Gasteiger partial charge is 0.507 e. The molecule has 6 heteroatoms. The average molecular weight is 449 g/mol. The highest BCUT2D eigenvalue weighted by Crippen LogP contribution is 2.43. The second-order valence-electron chi connectivity index (χ2n) is 9.68. The first-order valence-corrected chi connectivity index (χ1v) is 11.1. The molecule has 32 heavy (non-hydrogen) atoms. The van der Waals surface area contributed by atoms with Crippen LogP contribution >= 0.6 is 0 Å². The van der Waals surface area contributed by atoms with Gasteiger partial charge in [-0.25, -0.2) is 4.79 Å². The average Bonchev–Trinajstić information content (AvgIpc) is 2.72. The van der Waals surface area contributed by atoms with Gasteiger partial charge in [0.1, 0.15) is 11.3 Å². The number of methoxy groups -OCH3 is 1. The van der Waals surface area contributed by atoms with Crippen molar-refractivity contribution >= 4 is 11.8 Å². The Labute approximate surface area is 192 Å². The van der Waals surface area contributed by atoms with Gasteiger partial charge >= 0.3 is 5.97 Å². The summed E-state index contributed by atoms with van der Waals surface area (Å²) < 4.78 is 4.81. The predicted molar refractivity (Wildman–Crippen MR) is 126 cm³/mol. The maximum Gasteiger partial charge on any atom is 0.341 e. The predicted octanol–water partition coefficient (Wildman–Crippen LogP) is 4.87. The molecule has 0 heterocycles. The standard InChI is InChI=1S/C26H40O6/c1-16(12-13-20(27)25(5,6)31)10-9-11-17(2)14-15-26(7)19(4)21(24(30)32-8)22(28)18(3)23(26)29/h10,14,20,27-28,31H,9,11-13,15H2,1-8H3/b16-10+,17-14+/t20-,26+/m0/s1. The van der Waals surface area contributed by atoms with Crippen molar-refractivity contribution in [2.45, 2.75) is 92.3 Å². The molecule has 2 atom stereocenters. The van der Waals surface area contributed by atoms with Gasteiger partial charge in [0.05, 0.1) is 24.2 Å². The first-order chi connectivity index (χ1) is 14.7. The molecule has 180 valence electrons. The van der Waals surface area contributed by atoms with Crippen LogP contribution in [-0.4, -0.2) is 45.9 Å². The van der Waals surface area contributed by atoms with Gasteiger partial charge in [0, 0.05) is 5.57 Å². The molecule has 3 N–H and O–H groups in total. The van der Waals surface area contributed by atoms with E-state index in [1.165, 1.54) is 14.0 Å². The van der Waals surface area contributed by atoms with E-state index in [0.717, 1.165) is 30.4 Å². The Balaban J connectivity index is 2.84. The SMILES string of the molecule is COC(=O)C1=C(C)[C@@](C)(C/C=C(\C)CC/C=C(\C)CC[C@H](O)C(C)(C)O)C(=O)C(C)=C1O. The molecule has 0 saturated carbocycles. The first-order valence-electron chi connectivity index (χ1n) is 11.1.